The van der Waals surface area contributed by atoms with Crippen molar-refractivity contribution < 1.29 is 19.8 Å². The highest BCUT2D eigenvalue weighted by molar-refractivity contribution is 5.92. The molecule has 0 bridgehead atoms. The second kappa shape index (κ2) is 10.9. The molecule has 0 spiro atoms. The van der Waals surface area contributed by atoms with E-state index in [1.165, 1.54) is 56.1 Å². The Balaban J connectivity index is 0.000000145. The van der Waals surface area contributed by atoms with E-state index in [1.54, 1.807) is 0 Å². The van der Waals surface area contributed by atoms with Crippen LogP contribution in [0.5, 0.6) is 0 Å². The third kappa shape index (κ3) is 4.63. The van der Waals surface area contributed by atoms with E-state index in [2.05, 4.69) is 41.5 Å². The monoisotopic (exact) mass is 618 g/mol. The van der Waals surface area contributed by atoms with Crippen LogP contribution in [0.25, 0.3) is 0 Å². The quantitative estimate of drug-likeness (QED) is 0.308. The SMILES string of the molecule is CCC1C[C@H](O)[C@@]2(C)CC[C@H]3[C@@H](CCC4=CC(=O)CC[C@@]43C)[C@H]12.C[C@]12CCC(=O)C=C1CC[C@@H]1[C@@H]2CC[C@@]2(C)[C@H]1CC[C@]2(C)O. The Labute approximate surface area is 273 Å². The summed E-state index contributed by atoms with van der Waals surface area (Å²) in [6.45, 7) is 14.0. The summed E-state index contributed by atoms with van der Waals surface area (Å²) in [6.07, 6.45) is 21.3. The van der Waals surface area contributed by atoms with Gasteiger partial charge in [0.25, 0.3) is 0 Å². The molecule has 0 amide bonds. The molecule has 8 aliphatic carbocycles. The van der Waals surface area contributed by atoms with Gasteiger partial charge in [0.15, 0.2) is 11.6 Å². The fraction of sp³-hybridized carbons (Fsp3) is 0.854. The molecule has 0 heterocycles. The van der Waals surface area contributed by atoms with Gasteiger partial charge in [0.2, 0.25) is 0 Å². The lowest BCUT2D eigenvalue weighted by Crippen LogP contribution is -2.53. The lowest BCUT2D eigenvalue weighted by Gasteiger charge is -2.58. The van der Waals surface area contributed by atoms with Gasteiger partial charge in [0, 0.05) is 12.8 Å². The van der Waals surface area contributed by atoms with Crippen molar-refractivity contribution in [2.45, 2.75) is 156 Å². The number of ketones is 2. The molecule has 0 aromatic heterocycles. The summed E-state index contributed by atoms with van der Waals surface area (Å²) in [4.78, 5) is 23.7. The number of hydrogen-bond acceptors (Lipinski definition) is 4. The van der Waals surface area contributed by atoms with Crippen LogP contribution >= 0.6 is 0 Å². The number of fused-ring (bicyclic) bond motifs is 10. The Bertz CT molecular complexity index is 1290. The second-order valence-electron chi connectivity index (χ2n) is 18.6. The number of carbonyl (C=O) groups excluding carboxylic acids is 2. The summed E-state index contributed by atoms with van der Waals surface area (Å²) < 4.78 is 0. The molecule has 8 rings (SSSR count). The Kier molecular flexibility index (Phi) is 7.81. The van der Waals surface area contributed by atoms with Crippen LogP contribution in [0.3, 0.4) is 0 Å². The summed E-state index contributed by atoms with van der Waals surface area (Å²) in [5, 5.41) is 21.7. The van der Waals surface area contributed by atoms with Gasteiger partial charge in [0.1, 0.15) is 0 Å². The topological polar surface area (TPSA) is 74.6 Å². The van der Waals surface area contributed by atoms with Gasteiger partial charge >= 0.3 is 0 Å². The third-order valence-corrected chi connectivity index (χ3v) is 17.1. The minimum atomic E-state index is -0.484. The van der Waals surface area contributed by atoms with E-state index in [9.17, 15) is 19.8 Å². The average Bonchev–Trinajstić information content (AvgIpc) is 3.41. The molecule has 0 aromatic rings. The van der Waals surface area contributed by atoms with Crippen LogP contribution in [0.1, 0.15) is 144 Å². The molecule has 6 fully saturated rings. The highest BCUT2D eigenvalue weighted by Crippen LogP contribution is 2.68. The molecule has 8 aliphatic rings. The maximum atomic E-state index is 11.9. The van der Waals surface area contributed by atoms with Crippen molar-refractivity contribution in [3.8, 4) is 0 Å². The number of allylic oxidation sites excluding steroid dienone is 2. The van der Waals surface area contributed by atoms with E-state index < -0.39 is 5.60 Å². The summed E-state index contributed by atoms with van der Waals surface area (Å²) >= 11 is 0. The van der Waals surface area contributed by atoms with Crippen LogP contribution in [0.15, 0.2) is 23.3 Å². The Morgan fingerprint density at radius 2 is 1.22 bits per heavy atom. The highest BCUT2D eigenvalue weighted by Gasteiger charge is 2.63. The normalized spacial score (nSPS) is 53.3. The van der Waals surface area contributed by atoms with E-state index in [1.807, 2.05) is 12.2 Å². The lowest BCUT2D eigenvalue weighted by molar-refractivity contribution is -0.124. The predicted octanol–water partition coefficient (Wildman–Crippen LogP) is 8.78. The second-order valence-corrected chi connectivity index (χ2v) is 18.6. The molecule has 0 aromatic carbocycles. The average molecular weight is 619 g/mol. The van der Waals surface area contributed by atoms with E-state index >= 15 is 0 Å². The van der Waals surface area contributed by atoms with Gasteiger partial charge in [-0.2, -0.15) is 0 Å². The van der Waals surface area contributed by atoms with E-state index in [0.29, 0.717) is 29.3 Å². The smallest absolute Gasteiger partial charge is 0.155 e. The third-order valence-electron chi connectivity index (χ3n) is 17.1. The molecule has 0 radical (unpaired) electrons. The van der Waals surface area contributed by atoms with Gasteiger partial charge in [0.05, 0.1) is 11.7 Å². The fourth-order valence-electron chi connectivity index (χ4n) is 14.0. The molecule has 4 nitrogen and oxygen atoms in total. The van der Waals surface area contributed by atoms with Gasteiger partial charge in [-0.3, -0.25) is 9.59 Å². The van der Waals surface area contributed by atoms with Crippen molar-refractivity contribution in [1.82, 2.24) is 0 Å². The van der Waals surface area contributed by atoms with Crippen LogP contribution in [-0.4, -0.2) is 33.5 Å². The molecular weight excluding hydrogens is 556 g/mol. The maximum absolute atomic E-state index is 11.9. The zero-order chi connectivity index (χ0) is 32.2. The minimum Gasteiger partial charge on any atom is -0.393 e. The largest absolute Gasteiger partial charge is 0.393 e. The molecule has 1 unspecified atom stereocenters. The molecule has 250 valence electrons. The van der Waals surface area contributed by atoms with Crippen LogP contribution in [-0.2, 0) is 9.59 Å². The molecule has 0 aliphatic heterocycles. The fourth-order valence-corrected chi connectivity index (χ4v) is 14.0. The predicted molar refractivity (Wildman–Crippen MR) is 179 cm³/mol. The molecule has 0 saturated heterocycles. The van der Waals surface area contributed by atoms with Crippen LogP contribution in [0.4, 0.5) is 0 Å². The van der Waals surface area contributed by atoms with Crippen LogP contribution < -0.4 is 0 Å². The van der Waals surface area contributed by atoms with Crippen LogP contribution in [0, 0.1) is 63.1 Å². The molecule has 4 heteroatoms. The van der Waals surface area contributed by atoms with Crippen molar-refractivity contribution in [1.29, 1.82) is 0 Å². The van der Waals surface area contributed by atoms with E-state index in [0.717, 1.165) is 81.5 Å². The van der Waals surface area contributed by atoms with Gasteiger partial charge in [-0.15, -0.1) is 0 Å². The standard InChI is InChI=1S/C21H32O2.C20H30O2/c1-4-13-11-18(23)21(3)10-8-17-16(19(13)21)6-5-14-12-15(22)7-9-20(14,17)2;1-18-9-6-14(21)12-13(18)4-5-15-16(18)7-10-19(2)17(15)8-11-20(19,3)22/h12-13,16-19,23H,4-11H2,1-3H3;12,15-17,22H,4-11H2,1-3H3/t13?,16-,17+,18+,19+,20+,21-;15-,16+,17+,18+,19+,20+/m11/s1. The zero-order valence-corrected chi connectivity index (χ0v) is 29.3. The van der Waals surface area contributed by atoms with Gasteiger partial charge in [-0.25, -0.2) is 0 Å². The Morgan fingerprint density at radius 3 is 1.82 bits per heavy atom. The number of carbonyl (C=O) groups is 2. The van der Waals surface area contributed by atoms with Crippen molar-refractivity contribution >= 4 is 11.6 Å². The minimum absolute atomic E-state index is 0.101. The van der Waals surface area contributed by atoms with E-state index in [4.69, 9.17) is 0 Å². The van der Waals surface area contributed by atoms with Gasteiger partial charge in [-0.1, -0.05) is 52.2 Å². The van der Waals surface area contributed by atoms with E-state index in [-0.39, 0.29) is 27.8 Å². The van der Waals surface area contributed by atoms with Crippen molar-refractivity contribution in [3.05, 3.63) is 23.3 Å². The Hall–Kier alpha value is -1.26. The van der Waals surface area contributed by atoms with Crippen molar-refractivity contribution in [3.63, 3.8) is 0 Å². The molecule has 13 atom stereocenters. The molecule has 2 N–H and O–H groups in total. The number of rotatable bonds is 1. The number of hydrogen-bond donors (Lipinski definition) is 2. The van der Waals surface area contributed by atoms with Gasteiger partial charge in [-0.05, 0) is 166 Å². The summed E-state index contributed by atoms with van der Waals surface area (Å²) in [5.41, 5.74) is 3.17. The first-order valence-corrected chi connectivity index (χ1v) is 19.1. The first-order chi connectivity index (χ1) is 21.2. The summed E-state index contributed by atoms with van der Waals surface area (Å²) in [5.74, 6) is 5.72. The zero-order valence-electron chi connectivity index (χ0n) is 29.3. The first kappa shape index (κ1) is 32.3. The van der Waals surface area contributed by atoms with Crippen molar-refractivity contribution in [2.75, 3.05) is 0 Å². The van der Waals surface area contributed by atoms with Gasteiger partial charge < -0.3 is 10.2 Å². The molecule has 6 saturated carbocycles. The summed E-state index contributed by atoms with van der Waals surface area (Å²) in [6, 6.07) is 0. The Morgan fingerprint density at radius 1 is 0.689 bits per heavy atom. The highest BCUT2D eigenvalue weighted by atomic mass is 16.3. The number of aliphatic hydroxyl groups excluding tert-OH is 1. The van der Waals surface area contributed by atoms with Crippen molar-refractivity contribution in [2.24, 2.45) is 63.1 Å². The maximum Gasteiger partial charge on any atom is 0.155 e. The first-order valence-electron chi connectivity index (χ1n) is 19.1. The number of aliphatic hydroxyl groups is 2. The molecular formula is C41H62O4. The van der Waals surface area contributed by atoms with Crippen LogP contribution in [0.2, 0.25) is 0 Å². The lowest BCUT2D eigenvalue weighted by atomic mass is 9.46. The summed E-state index contributed by atoms with van der Waals surface area (Å²) in [7, 11) is 0. The molecule has 45 heavy (non-hydrogen) atoms.